The van der Waals surface area contributed by atoms with Crippen molar-refractivity contribution in [1.82, 2.24) is 4.90 Å². The Hall–Kier alpha value is -0.610. The van der Waals surface area contributed by atoms with Crippen molar-refractivity contribution in [3.63, 3.8) is 0 Å². The van der Waals surface area contributed by atoms with E-state index in [4.69, 9.17) is 0 Å². The number of β-amino-alcohol motifs (C(OH)–C–C–N with tert-alkyl or cyclic N) is 2. The summed E-state index contributed by atoms with van der Waals surface area (Å²) in [5.41, 5.74) is 0. The molecule has 2 fully saturated rings. The smallest absolute Gasteiger partial charge is 0.225 e. The third-order valence-corrected chi connectivity index (χ3v) is 3.03. The van der Waals surface area contributed by atoms with Crippen molar-refractivity contribution in [2.75, 3.05) is 13.1 Å². The van der Waals surface area contributed by atoms with Crippen LogP contribution in [0, 0.1) is 5.92 Å². The summed E-state index contributed by atoms with van der Waals surface area (Å²) in [6, 6.07) is 0. The van der Waals surface area contributed by atoms with E-state index in [1.807, 2.05) is 0 Å². The highest BCUT2D eigenvalue weighted by molar-refractivity contribution is 5.80. The zero-order valence-corrected chi connectivity index (χ0v) is 7.52. The summed E-state index contributed by atoms with van der Waals surface area (Å²) in [5, 5.41) is 18.5. The third kappa shape index (κ3) is 1.56. The van der Waals surface area contributed by atoms with Crippen LogP contribution in [0.5, 0.6) is 0 Å². The van der Waals surface area contributed by atoms with Gasteiger partial charge in [-0.2, -0.15) is 0 Å². The zero-order chi connectivity index (χ0) is 9.42. The molecule has 1 saturated carbocycles. The number of amides is 1. The van der Waals surface area contributed by atoms with Gasteiger partial charge in [-0.1, -0.05) is 6.42 Å². The lowest BCUT2D eigenvalue weighted by atomic mass is 9.84. The maximum absolute atomic E-state index is 11.6. The van der Waals surface area contributed by atoms with Gasteiger partial charge in [0.2, 0.25) is 5.91 Å². The van der Waals surface area contributed by atoms with Crippen LogP contribution in [0.1, 0.15) is 19.3 Å². The van der Waals surface area contributed by atoms with Gasteiger partial charge in [-0.25, -0.2) is 0 Å². The molecule has 0 aromatic carbocycles. The summed E-state index contributed by atoms with van der Waals surface area (Å²) in [4.78, 5) is 13.2. The van der Waals surface area contributed by atoms with Gasteiger partial charge in [0, 0.05) is 19.0 Å². The maximum Gasteiger partial charge on any atom is 0.225 e. The molecule has 74 valence electrons. The topological polar surface area (TPSA) is 60.8 Å². The first-order chi connectivity index (χ1) is 6.18. The van der Waals surface area contributed by atoms with Gasteiger partial charge in [0.05, 0.1) is 12.2 Å². The van der Waals surface area contributed by atoms with Crippen molar-refractivity contribution in [2.24, 2.45) is 5.92 Å². The van der Waals surface area contributed by atoms with E-state index in [1.165, 1.54) is 0 Å². The minimum atomic E-state index is -0.746. The summed E-state index contributed by atoms with van der Waals surface area (Å²) in [6.45, 7) is 0.604. The van der Waals surface area contributed by atoms with Gasteiger partial charge in [0.1, 0.15) is 0 Å². The average molecular weight is 185 g/mol. The van der Waals surface area contributed by atoms with E-state index in [9.17, 15) is 15.0 Å². The monoisotopic (exact) mass is 185 g/mol. The molecule has 1 amide bonds. The summed E-state index contributed by atoms with van der Waals surface area (Å²) >= 11 is 0. The molecule has 1 heterocycles. The largest absolute Gasteiger partial charge is 0.388 e. The minimum Gasteiger partial charge on any atom is -0.388 e. The lowest BCUT2D eigenvalue weighted by Gasteiger charge is -2.28. The van der Waals surface area contributed by atoms with Crippen molar-refractivity contribution in [1.29, 1.82) is 0 Å². The van der Waals surface area contributed by atoms with Crippen LogP contribution in [0.15, 0.2) is 0 Å². The maximum atomic E-state index is 11.6. The number of rotatable bonds is 1. The van der Waals surface area contributed by atoms with Crippen molar-refractivity contribution < 1.29 is 15.0 Å². The molecule has 0 radical (unpaired) electrons. The fraction of sp³-hybridized carbons (Fsp3) is 0.889. The van der Waals surface area contributed by atoms with Gasteiger partial charge >= 0.3 is 0 Å². The number of likely N-dealkylation sites (tertiary alicyclic amines) is 1. The Morgan fingerprint density at radius 3 is 2.08 bits per heavy atom. The van der Waals surface area contributed by atoms with Gasteiger partial charge in [-0.15, -0.1) is 0 Å². The summed E-state index contributed by atoms with van der Waals surface area (Å²) in [5.74, 6) is 0.277. The second-order valence-electron chi connectivity index (χ2n) is 4.01. The predicted molar refractivity (Wildman–Crippen MR) is 45.9 cm³/mol. The average Bonchev–Trinajstić information content (AvgIpc) is 2.28. The normalized spacial score (nSPS) is 34.8. The molecule has 0 unspecified atom stereocenters. The first kappa shape index (κ1) is 8.97. The van der Waals surface area contributed by atoms with Crippen molar-refractivity contribution in [2.45, 2.75) is 31.5 Å². The molecule has 1 aliphatic carbocycles. The van der Waals surface area contributed by atoms with Crippen LogP contribution in [-0.4, -0.2) is 46.3 Å². The van der Waals surface area contributed by atoms with Crippen molar-refractivity contribution in [3.05, 3.63) is 0 Å². The highest BCUT2D eigenvalue weighted by atomic mass is 16.3. The SMILES string of the molecule is O=C(C1CCC1)N1C[C@@H](O)[C@@H](O)C1. The highest BCUT2D eigenvalue weighted by Crippen LogP contribution is 2.29. The highest BCUT2D eigenvalue weighted by Gasteiger charge is 2.37. The molecule has 0 bridgehead atoms. The Morgan fingerprint density at radius 1 is 1.15 bits per heavy atom. The first-order valence-electron chi connectivity index (χ1n) is 4.83. The molecule has 1 aliphatic heterocycles. The van der Waals surface area contributed by atoms with E-state index < -0.39 is 12.2 Å². The second kappa shape index (κ2) is 3.27. The fourth-order valence-corrected chi connectivity index (χ4v) is 1.86. The first-order valence-corrected chi connectivity index (χ1v) is 4.83. The van der Waals surface area contributed by atoms with Crippen molar-refractivity contribution >= 4 is 5.91 Å². The summed E-state index contributed by atoms with van der Waals surface area (Å²) < 4.78 is 0. The number of hydrogen-bond donors (Lipinski definition) is 2. The molecule has 13 heavy (non-hydrogen) atoms. The van der Waals surface area contributed by atoms with E-state index in [2.05, 4.69) is 0 Å². The molecule has 4 heteroatoms. The quantitative estimate of drug-likeness (QED) is 0.570. The van der Waals surface area contributed by atoms with Crippen LogP contribution >= 0.6 is 0 Å². The third-order valence-electron chi connectivity index (χ3n) is 3.03. The molecular weight excluding hydrogens is 170 g/mol. The number of aliphatic hydroxyl groups is 2. The number of nitrogens with zero attached hydrogens (tertiary/aromatic N) is 1. The number of aliphatic hydroxyl groups excluding tert-OH is 2. The van der Waals surface area contributed by atoms with Crippen LogP contribution in [0.25, 0.3) is 0 Å². The molecule has 2 N–H and O–H groups in total. The molecule has 2 rings (SSSR count). The van der Waals surface area contributed by atoms with Gasteiger partial charge < -0.3 is 15.1 Å². The van der Waals surface area contributed by atoms with E-state index in [0.29, 0.717) is 13.1 Å². The van der Waals surface area contributed by atoms with Crippen molar-refractivity contribution in [3.8, 4) is 0 Å². The number of hydrogen-bond acceptors (Lipinski definition) is 3. The minimum absolute atomic E-state index is 0.113. The molecule has 4 nitrogen and oxygen atoms in total. The van der Waals surface area contributed by atoms with Crippen LogP contribution in [0.2, 0.25) is 0 Å². The molecule has 0 aromatic heterocycles. The van der Waals surface area contributed by atoms with E-state index in [1.54, 1.807) is 4.90 Å². The van der Waals surface area contributed by atoms with Gasteiger partial charge in [0.15, 0.2) is 0 Å². The second-order valence-corrected chi connectivity index (χ2v) is 4.01. The van der Waals surface area contributed by atoms with Crippen LogP contribution in [0.3, 0.4) is 0 Å². The van der Waals surface area contributed by atoms with Gasteiger partial charge in [-0.3, -0.25) is 4.79 Å². The Balaban J connectivity index is 1.91. The lowest BCUT2D eigenvalue weighted by molar-refractivity contribution is -0.137. The number of carbonyl (C=O) groups excluding carboxylic acids is 1. The van der Waals surface area contributed by atoms with Crippen LogP contribution < -0.4 is 0 Å². The summed E-state index contributed by atoms with van der Waals surface area (Å²) in [6.07, 6.45) is 1.59. The van der Waals surface area contributed by atoms with E-state index in [-0.39, 0.29) is 11.8 Å². The Bertz CT molecular complexity index is 205. The molecule has 0 spiro atoms. The van der Waals surface area contributed by atoms with Gasteiger partial charge in [-0.05, 0) is 12.8 Å². The van der Waals surface area contributed by atoms with E-state index >= 15 is 0 Å². The fourth-order valence-electron chi connectivity index (χ4n) is 1.86. The number of carbonyl (C=O) groups is 1. The Labute approximate surface area is 77.2 Å². The molecule has 2 atom stereocenters. The molecule has 0 aromatic rings. The molecule has 1 saturated heterocycles. The van der Waals surface area contributed by atoms with E-state index in [0.717, 1.165) is 19.3 Å². The Kier molecular flexibility index (Phi) is 2.26. The standard InChI is InChI=1S/C9H15NO3/c11-7-4-10(5-8(7)12)9(13)6-2-1-3-6/h6-8,11-12H,1-5H2/t7-,8+. The molecule has 2 aliphatic rings. The lowest BCUT2D eigenvalue weighted by Crippen LogP contribution is -2.38. The zero-order valence-electron chi connectivity index (χ0n) is 7.52. The predicted octanol–water partition coefficient (Wildman–Crippen LogP) is -0.650. The van der Waals surface area contributed by atoms with Gasteiger partial charge in [0.25, 0.3) is 0 Å². The molecular formula is C9H15NO3. The van der Waals surface area contributed by atoms with Crippen LogP contribution in [-0.2, 0) is 4.79 Å². The van der Waals surface area contributed by atoms with Crippen LogP contribution in [0.4, 0.5) is 0 Å². The summed E-state index contributed by atoms with van der Waals surface area (Å²) in [7, 11) is 0. The Morgan fingerprint density at radius 2 is 1.69 bits per heavy atom.